The van der Waals surface area contributed by atoms with E-state index in [1.54, 1.807) is 48.5 Å². The van der Waals surface area contributed by atoms with Crippen molar-refractivity contribution in [1.29, 1.82) is 0 Å². The van der Waals surface area contributed by atoms with E-state index in [-0.39, 0.29) is 11.9 Å². The summed E-state index contributed by atoms with van der Waals surface area (Å²) in [6.45, 7) is 2.52. The molecular formula is C16H20N4O2. The number of aromatic nitrogens is 3. The van der Waals surface area contributed by atoms with E-state index in [2.05, 4.69) is 9.97 Å². The van der Waals surface area contributed by atoms with E-state index in [9.17, 15) is 9.90 Å². The van der Waals surface area contributed by atoms with Gasteiger partial charge in [-0.15, -0.1) is 0 Å². The van der Waals surface area contributed by atoms with Gasteiger partial charge in [-0.2, -0.15) is 0 Å². The normalized spacial score (nSPS) is 19.4. The summed E-state index contributed by atoms with van der Waals surface area (Å²) in [6, 6.07) is 3.64. The van der Waals surface area contributed by atoms with Gasteiger partial charge in [0, 0.05) is 36.7 Å². The van der Waals surface area contributed by atoms with Crippen LogP contribution in [0.3, 0.4) is 0 Å². The Morgan fingerprint density at radius 2 is 2.36 bits per heavy atom. The van der Waals surface area contributed by atoms with Crippen molar-refractivity contribution in [2.24, 2.45) is 0 Å². The predicted molar refractivity (Wildman–Crippen MR) is 81.7 cm³/mol. The number of pyridine rings is 1. The summed E-state index contributed by atoms with van der Waals surface area (Å²) >= 11 is 0. The van der Waals surface area contributed by atoms with Crippen LogP contribution in [0.1, 0.15) is 36.5 Å². The fraction of sp³-hybridized carbons (Fsp3) is 0.438. The minimum atomic E-state index is -0.391. The van der Waals surface area contributed by atoms with Crippen LogP contribution in [-0.4, -0.2) is 49.1 Å². The van der Waals surface area contributed by atoms with Crippen LogP contribution in [0.15, 0.2) is 37.1 Å². The molecule has 6 heteroatoms. The van der Waals surface area contributed by atoms with Gasteiger partial charge in [0.05, 0.1) is 6.10 Å². The van der Waals surface area contributed by atoms with E-state index in [0.29, 0.717) is 17.8 Å². The van der Waals surface area contributed by atoms with Crippen molar-refractivity contribution >= 4 is 5.91 Å². The molecule has 1 aliphatic heterocycles. The molecule has 1 saturated heterocycles. The molecule has 0 bridgehead atoms. The standard InChI is InChI=1S/C16H20N4O2/c1-12(21)9-14-3-2-7-20(14)16(22)13-4-5-18-15(10-13)19-8-6-17-11-19/h4-6,8,10-12,14,21H,2-3,7,9H2,1H3. The number of hydrogen-bond acceptors (Lipinski definition) is 4. The Hall–Kier alpha value is -2.21. The highest BCUT2D eigenvalue weighted by molar-refractivity contribution is 5.94. The Balaban J connectivity index is 1.81. The van der Waals surface area contributed by atoms with Crippen molar-refractivity contribution in [2.75, 3.05) is 6.54 Å². The van der Waals surface area contributed by atoms with Gasteiger partial charge >= 0.3 is 0 Å². The number of aliphatic hydroxyl groups is 1. The third kappa shape index (κ3) is 3.01. The maximum atomic E-state index is 12.8. The molecule has 1 amide bonds. The summed E-state index contributed by atoms with van der Waals surface area (Å²) in [5, 5.41) is 9.59. The second-order valence-electron chi connectivity index (χ2n) is 5.75. The molecule has 1 N–H and O–H groups in total. The molecule has 2 unspecified atom stereocenters. The van der Waals surface area contributed by atoms with Gasteiger partial charge in [0.1, 0.15) is 12.1 Å². The second kappa shape index (κ2) is 6.27. The van der Waals surface area contributed by atoms with Gasteiger partial charge in [-0.05, 0) is 38.3 Å². The van der Waals surface area contributed by atoms with Gasteiger partial charge in [-0.1, -0.05) is 0 Å². The van der Waals surface area contributed by atoms with Crippen LogP contribution >= 0.6 is 0 Å². The van der Waals surface area contributed by atoms with E-state index in [1.165, 1.54) is 0 Å². The molecular weight excluding hydrogens is 280 g/mol. The predicted octanol–water partition coefficient (Wildman–Crippen LogP) is 1.64. The Labute approximate surface area is 129 Å². The number of amides is 1. The molecule has 2 aromatic rings. The lowest BCUT2D eigenvalue weighted by Crippen LogP contribution is -2.37. The zero-order valence-corrected chi connectivity index (χ0v) is 12.6. The first-order chi connectivity index (χ1) is 10.6. The summed E-state index contributed by atoms with van der Waals surface area (Å²) in [6.07, 6.45) is 8.95. The van der Waals surface area contributed by atoms with E-state index >= 15 is 0 Å². The van der Waals surface area contributed by atoms with E-state index < -0.39 is 6.10 Å². The highest BCUT2D eigenvalue weighted by atomic mass is 16.3. The van der Waals surface area contributed by atoms with Crippen LogP contribution in [0.4, 0.5) is 0 Å². The molecule has 0 aliphatic carbocycles. The number of likely N-dealkylation sites (tertiary alicyclic amines) is 1. The van der Waals surface area contributed by atoms with Crippen molar-refractivity contribution in [3.05, 3.63) is 42.6 Å². The van der Waals surface area contributed by atoms with Crippen molar-refractivity contribution in [2.45, 2.75) is 38.3 Å². The molecule has 2 aromatic heterocycles. The van der Waals surface area contributed by atoms with Gasteiger partial charge in [-0.3, -0.25) is 9.36 Å². The number of aliphatic hydroxyl groups excluding tert-OH is 1. The summed E-state index contributed by atoms with van der Waals surface area (Å²) < 4.78 is 1.77. The summed E-state index contributed by atoms with van der Waals surface area (Å²) in [7, 11) is 0. The zero-order valence-electron chi connectivity index (χ0n) is 12.6. The highest BCUT2D eigenvalue weighted by Gasteiger charge is 2.30. The number of nitrogens with zero attached hydrogens (tertiary/aromatic N) is 4. The summed E-state index contributed by atoms with van der Waals surface area (Å²) in [5.74, 6) is 0.682. The molecule has 1 aliphatic rings. The highest BCUT2D eigenvalue weighted by Crippen LogP contribution is 2.24. The lowest BCUT2D eigenvalue weighted by atomic mass is 10.1. The maximum Gasteiger partial charge on any atom is 0.254 e. The molecule has 3 rings (SSSR count). The molecule has 2 atom stereocenters. The van der Waals surface area contributed by atoms with Gasteiger partial charge < -0.3 is 10.0 Å². The molecule has 0 saturated carbocycles. The average molecular weight is 300 g/mol. The molecule has 0 aromatic carbocycles. The molecule has 3 heterocycles. The van der Waals surface area contributed by atoms with Crippen LogP contribution in [0.2, 0.25) is 0 Å². The van der Waals surface area contributed by atoms with Crippen LogP contribution in [0.5, 0.6) is 0 Å². The Morgan fingerprint density at radius 3 is 3.09 bits per heavy atom. The number of rotatable bonds is 4. The number of imidazole rings is 1. The minimum Gasteiger partial charge on any atom is -0.393 e. The van der Waals surface area contributed by atoms with Crippen molar-refractivity contribution < 1.29 is 9.90 Å². The molecule has 1 fully saturated rings. The largest absolute Gasteiger partial charge is 0.393 e. The van der Waals surface area contributed by atoms with Gasteiger partial charge in [-0.25, -0.2) is 9.97 Å². The lowest BCUT2D eigenvalue weighted by molar-refractivity contribution is 0.0682. The number of hydrogen-bond donors (Lipinski definition) is 1. The van der Waals surface area contributed by atoms with Crippen molar-refractivity contribution in [1.82, 2.24) is 19.4 Å². The smallest absolute Gasteiger partial charge is 0.254 e. The van der Waals surface area contributed by atoms with Gasteiger partial charge in [0.15, 0.2) is 0 Å². The van der Waals surface area contributed by atoms with Crippen molar-refractivity contribution in [3.63, 3.8) is 0 Å². The lowest BCUT2D eigenvalue weighted by Gasteiger charge is -2.25. The molecule has 22 heavy (non-hydrogen) atoms. The molecule has 0 spiro atoms. The molecule has 6 nitrogen and oxygen atoms in total. The van der Waals surface area contributed by atoms with Crippen molar-refractivity contribution in [3.8, 4) is 5.82 Å². The molecule has 0 radical (unpaired) electrons. The van der Waals surface area contributed by atoms with E-state index in [4.69, 9.17) is 0 Å². The summed E-state index contributed by atoms with van der Waals surface area (Å²) in [4.78, 5) is 22.9. The minimum absolute atomic E-state index is 0.00640. The van der Waals surface area contributed by atoms with Crippen LogP contribution in [0.25, 0.3) is 5.82 Å². The quantitative estimate of drug-likeness (QED) is 0.932. The first kappa shape index (κ1) is 14.7. The second-order valence-corrected chi connectivity index (χ2v) is 5.75. The van der Waals surface area contributed by atoms with Crippen LogP contribution < -0.4 is 0 Å². The number of carbonyl (C=O) groups is 1. The van der Waals surface area contributed by atoms with Crippen LogP contribution in [-0.2, 0) is 0 Å². The first-order valence-electron chi connectivity index (χ1n) is 7.58. The van der Waals surface area contributed by atoms with Gasteiger partial charge in [0.25, 0.3) is 5.91 Å². The number of carbonyl (C=O) groups excluding carboxylic acids is 1. The fourth-order valence-electron chi connectivity index (χ4n) is 2.99. The fourth-order valence-corrected chi connectivity index (χ4v) is 2.99. The first-order valence-corrected chi connectivity index (χ1v) is 7.58. The Morgan fingerprint density at radius 1 is 1.50 bits per heavy atom. The van der Waals surface area contributed by atoms with E-state index in [1.807, 2.05) is 4.90 Å². The van der Waals surface area contributed by atoms with Gasteiger partial charge in [0.2, 0.25) is 0 Å². The monoisotopic (exact) mass is 300 g/mol. The maximum absolute atomic E-state index is 12.8. The average Bonchev–Trinajstić information content (AvgIpc) is 3.17. The summed E-state index contributed by atoms with van der Waals surface area (Å²) in [5.41, 5.74) is 0.621. The topological polar surface area (TPSA) is 71.2 Å². The molecule has 116 valence electrons. The Kier molecular flexibility index (Phi) is 4.20. The third-order valence-electron chi connectivity index (χ3n) is 4.01. The van der Waals surface area contributed by atoms with Crippen LogP contribution in [0, 0.1) is 0 Å². The zero-order chi connectivity index (χ0) is 15.5. The third-order valence-corrected chi connectivity index (χ3v) is 4.01. The van der Waals surface area contributed by atoms with E-state index in [0.717, 1.165) is 19.4 Å². The Bertz CT molecular complexity index is 639. The SMILES string of the molecule is CC(O)CC1CCCN1C(=O)c1ccnc(-n2ccnc2)c1.